The fourth-order valence-electron chi connectivity index (χ4n) is 1.82. The van der Waals surface area contributed by atoms with Crippen molar-refractivity contribution < 1.29 is 19.6 Å². The minimum absolute atomic E-state index is 0.000545. The van der Waals surface area contributed by atoms with Crippen LogP contribution in [-0.4, -0.2) is 21.9 Å². The Morgan fingerprint density at radius 2 is 1.78 bits per heavy atom. The van der Waals surface area contributed by atoms with E-state index in [-0.39, 0.29) is 16.9 Å². The Balaban J connectivity index is 2.25. The van der Waals surface area contributed by atoms with Crippen LogP contribution in [0.15, 0.2) is 60.3 Å². The number of hydrogen-bond acceptors (Lipinski definition) is 4. The van der Waals surface area contributed by atoms with Gasteiger partial charge < -0.3 is 10.4 Å². The second kappa shape index (κ2) is 6.99. The maximum absolute atomic E-state index is 12.1. The predicted octanol–water partition coefficient (Wildman–Crippen LogP) is 2.45. The number of hydrogen-bond donors (Lipinski definition) is 2. The monoisotopic (exact) mass is 312 g/mol. The van der Waals surface area contributed by atoms with Crippen LogP contribution in [0.1, 0.15) is 15.9 Å². The summed E-state index contributed by atoms with van der Waals surface area (Å²) in [5, 5.41) is 22.1. The van der Waals surface area contributed by atoms with Crippen LogP contribution < -0.4 is 5.32 Å². The lowest BCUT2D eigenvalue weighted by atomic mass is 10.1. The van der Waals surface area contributed by atoms with Crippen molar-refractivity contribution in [2.75, 3.05) is 0 Å². The molecule has 2 rings (SSSR count). The Morgan fingerprint density at radius 3 is 2.39 bits per heavy atom. The molecule has 1 amide bonds. The van der Waals surface area contributed by atoms with Gasteiger partial charge in [-0.15, -0.1) is 0 Å². The minimum Gasteiger partial charge on any atom is -0.477 e. The first-order valence-corrected chi connectivity index (χ1v) is 6.53. The molecule has 23 heavy (non-hydrogen) atoms. The highest BCUT2D eigenvalue weighted by molar-refractivity contribution is 6.03. The Kier molecular flexibility index (Phi) is 4.83. The molecule has 0 fully saturated rings. The van der Waals surface area contributed by atoms with E-state index in [4.69, 9.17) is 0 Å². The van der Waals surface area contributed by atoms with Crippen LogP contribution in [0.4, 0.5) is 5.69 Å². The highest BCUT2D eigenvalue weighted by atomic mass is 16.6. The number of non-ortho nitro benzene ring substituents is 1. The van der Waals surface area contributed by atoms with Crippen LogP contribution in [0.3, 0.4) is 0 Å². The van der Waals surface area contributed by atoms with Crippen molar-refractivity contribution in [3.8, 4) is 0 Å². The van der Waals surface area contributed by atoms with Gasteiger partial charge in [0.2, 0.25) is 0 Å². The van der Waals surface area contributed by atoms with Crippen molar-refractivity contribution in [2.24, 2.45) is 0 Å². The Morgan fingerprint density at radius 1 is 1.09 bits per heavy atom. The summed E-state index contributed by atoms with van der Waals surface area (Å²) < 4.78 is 0. The predicted molar refractivity (Wildman–Crippen MR) is 82.6 cm³/mol. The van der Waals surface area contributed by atoms with Gasteiger partial charge in [0.25, 0.3) is 11.6 Å². The fraction of sp³-hybridized carbons (Fsp3) is 0. The lowest BCUT2D eigenvalue weighted by Gasteiger charge is -2.06. The second-order valence-electron chi connectivity index (χ2n) is 4.54. The van der Waals surface area contributed by atoms with Gasteiger partial charge in [-0.25, -0.2) is 4.79 Å². The zero-order valence-electron chi connectivity index (χ0n) is 11.8. The summed E-state index contributed by atoms with van der Waals surface area (Å²) in [5.74, 6) is -2.05. The maximum atomic E-state index is 12.1. The fourth-order valence-corrected chi connectivity index (χ4v) is 1.82. The van der Waals surface area contributed by atoms with E-state index >= 15 is 0 Å². The van der Waals surface area contributed by atoms with E-state index in [9.17, 15) is 24.8 Å². The van der Waals surface area contributed by atoms with Gasteiger partial charge in [-0.3, -0.25) is 14.9 Å². The van der Waals surface area contributed by atoms with Crippen molar-refractivity contribution in [1.82, 2.24) is 5.32 Å². The SMILES string of the molecule is O=C(O)/C(=C/c1ccccc1)NC(=O)c1cccc([N+](=O)[O-])c1. The van der Waals surface area contributed by atoms with Gasteiger partial charge in [-0.1, -0.05) is 36.4 Å². The van der Waals surface area contributed by atoms with Crippen LogP contribution >= 0.6 is 0 Å². The second-order valence-corrected chi connectivity index (χ2v) is 4.54. The molecule has 0 heterocycles. The standard InChI is InChI=1S/C16H12N2O5/c19-15(12-7-4-8-13(10-12)18(22)23)17-14(16(20)21)9-11-5-2-1-3-6-11/h1-10H,(H,17,19)(H,20,21)/b14-9-. The van der Waals surface area contributed by atoms with E-state index < -0.39 is 16.8 Å². The average molecular weight is 312 g/mol. The van der Waals surface area contributed by atoms with Crippen LogP contribution in [0.5, 0.6) is 0 Å². The summed E-state index contributed by atoms with van der Waals surface area (Å²) in [6.45, 7) is 0. The van der Waals surface area contributed by atoms with Crippen molar-refractivity contribution >= 4 is 23.6 Å². The molecule has 7 nitrogen and oxygen atoms in total. The molecule has 0 atom stereocenters. The topological polar surface area (TPSA) is 110 Å². The average Bonchev–Trinajstić information content (AvgIpc) is 2.55. The molecule has 0 saturated heterocycles. The molecule has 0 bridgehead atoms. The van der Waals surface area contributed by atoms with Crippen molar-refractivity contribution in [3.05, 3.63) is 81.5 Å². The lowest BCUT2D eigenvalue weighted by molar-refractivity contribution is -0.384. The number of nitrogens with one attached hydrogen (secondary N) is 1. The van der Waals surface area contributed by atoms with E-state index in [1.165, 1.54) is 24.3 Å². The van der Waals surface area contributed by atoms with Gasteiger partial charge >= 0.3 is 5.97 Å². The summed E-state index contributed by atoms with van der Waals surface area (Å²) >= 11 is 0. The van der Waals surface area contributed by atoms with Crippen molar-refractivity contribution in [1.29, 1.82) is 0 Å². The number of nitrogens with zero attached hydrogens (tertiary/aromatic N) is 1. The number of benzene rings is 2. The first kappa shape index (κ1) is 15.9. The minimum atomic E-state index is -1.31. The highest BCUT2D eigenvalue weighted by Crippen LogP contribution is 2.13. The molecule has 0 aromatic heterocycles. The molecule has 2 N–H and O–H groups in total. The quantitative estimate of drug-likeness (QED) is 0.500. The summed E-state index contributed by atoms with van der Waals surface area (Å²) in [5.41, 5.74) is 0.0259. The summed E-state index contributed by atoms with van der Waals surface area (Å²) in [6.07, 6.45) is 1.30. The summed E-state index contributed by atoms with van der Waals surface area (Å²) in [4.78, 5) is 33.4. The smallest absolute Gasteiger partial charge is 0.352 e. The largest absolute Gasteiger partial charge is 0.477 e. The number of carbonyl (C=O) groups excluding carboxylic acids is 1. The molecular weight excluding hydrogens is 300 g/mol. The van der Waals surface area contributed by atoms with E-state index in [0.29, 0.717) is 5.56 Å². The molecule has 0 aliphatic rings. The lowest BCUT2D eigenvalue weighted by Crippen LogP contribution is -2.27. The van der Waals surface area contributed by atoms with Crippen LogP contribution in [0.2, 0.25) is 0 Å². The first-order chi connectivity index (χ1) is 11.0. The molecule has 7 heteroatoms. The van der Waals surface area contributed by atoms with E-state index in [2.05, 4.69) is 5.32 Å². The maximum Gasteiger partial charge on any atom is 0.352 e. The summed E-state index contributed by atoms with van der Waals surface area (Å²) in [7, 11) is 0. The molecule has 0 saturated carbocycles. The number of carbonyl (C=O) groups is 2. The Labute approximate surface area is 131 Å². The molecule has 0 spiro atoms. The third kappa shape index (κ3) is 4.24. The molecule has 116 valence electrons. The number of nitro benzene ring substituents is 1. The van der Waals surface area contributed by atoms with Gasteiger partial charge in [0.1, 0.15) is 5.70 Å². The van der Waals surface area contributed by atoms with Gasteiger partial charge in [0.05, 0.1) is 4.92 Å². The number of nitro groups is 1. The molecule has 2 aromatic carbocycles. The number of amides is 1. The van der Waals surface area contributed by atoms with Crippen LogP contribution in [-0.2, 0) is 4.79 Å². The van der Waals surface area contributed by atoms with Gasteiger partial charge in [-0.05, 0) is 17.7 Å². The summed E-state index contributed by atoms with van der Waals surface area (Å²) in [6, 6.07) is 13.6. The molecule has 0 radical (unpaired) electrons. The van der Waals surface area contributed by atoms with E-state index in [0.717, 1.165) is 6.07 Å². The molecule has 2 aromatic rings. The number of aliphatic carboxylic acids is 1. The van der Waals surface area contributed by atoms with Crippen LogP contribution in [0, 0.1) is 10.1 Å². The zero-order chi connectivity index (χ0) is 16.8. The number of rotatable bonds is 5. The number of carboxylic acid groups (broad SMARTS) is 1. The van der Waals surface area contributed by atoms with Gasteiger partial charge in [0, 0.05) is 17.7 Å². The van der Waals surface area contributed by atoms with Gasteiger partial charge in [0.15, 0.2) is 0 Å². The highest BCUT2D eigenvalue weighted by Gasteiger charge is 2.15. The van der Waals surface area contributed by atoms with E-state index in [1.807, 2.05) is 0 Å². The van der Waals surface area contributed by atoms with Crippen molar-refractivity contribution in [2.45, 2.75) is 0 Å². The Bertz CT molecular complexity index is 784. The van der Waals surface area contributed by atoms with Gasteiger partial charge in [-0.2, -0.15) is 0 Å². The first-order valence-electron chi connectivity index (χ1n) is 6.53. The Hall–Kier alpha value is -3.48. The molecule has 0 aliphatic carbocycles. The molecule has 0 unspecified atom stereocenters. The third-order valence-corrected chi connectivity index (χ3v) is 2.91. The zero-order valence-corrected chi connectivity index (χ0v) is 11.8. The normalized spacial score (nSPS) is 10.9. The number of carboxylic acids is 1. The van der Waals surface area contributed by atoms with Crippen molar-refractivity contribution in [3.63, 3.8) is 0 Å². The molecule has 0 aliphatic heterocycles. The molecular formula is C16H12N2O5. The van der Waals surface area contributed by atoms with Crippen LogP contribution in [0.25, 0.3) is 6.08 Å². The third-order valence-electron chi connectivity index (χ3n) is 2.91. The van der Waals surface area contributed by atoms with E-state index in [1.54, 1.807) is 30.3 Å².